The van der Waals surface area contributed by atoms with Crippen LogP contribution in [0.25, 0.3) is 0 Å². The van der Waals surface area contributed by atoms with Gasteiger partial charge in [-0.3, -0.25) is 4.99 Å². The smallest absolute Gasteiger partial charge is 0.335 e. The van der Waals surface area contributed by atoms with Gasteiger partial charge in [0.05, 0.1) is 11.3 Å². The van der Waals surface area contributed by atoms with Crippen molar-refractivity contribution in [2.45, 2.75) is 0 Å². The van der Waals surface area contributed by atoms with Gasteiger partial charge in [-0.05, 0) is 42.5 Å². The molecule has 2 aromatic rings. The van der Waals surface area contributed by atoms with Gasteiger partial charge in [0.1, 0.15) is 11.5 Å². The number of phenolic OH excluding ortho intramolecular Hbond substituents is 2. The van der Waals surface area contributed by atoms with Crippen molar-refractivity contribution in [2.75, 3.05) is 0 Å². The second-order valence-electron chi connectivity index (χ2n) is 3.85. The number of aromatic hydroxyl groups is 2. The summed E-state index contributed by atoms with van der Waals surface area (Å²) in [5, 5.41) is 27.6. The molecular formula is C14H11NO4. The van der Waals surface area contributed by atoms with Gasteiger partial charge in [-0.15, -0.1) is 0 Å². The highest BCUT2D eigenvalue weighted by atomic mass is 16.4. The molecule has 0 atom stereocenters. The summed E-state index contributed by atoms with van der Waals surface area (Å²) in [5.74, 6) is -0.967. The minimum atomic E-state index is -0.999. The summed E-state index contributed by atoms with van der Waals surface area (Å²) < 4.78 is 0. The van der Waals surface area contributed by atoms with Crippen LogP contribution in [0.3, 0.4) is 0 Å². The number of phenols is 2. The molecule has 0 spiro atoms. The van der Waals surface area contributed by atoms with Crippen LogP contribution in [-0.2, 0) is 0 Å². The highest BCUT2D eigenvalue weighted by Gasteiger charge is 2.02. The van der Waals surface area contributed by atoms with Crippen molar-refractivity contribution in [1.82, 2.24) is 0 Å². The molecule has 0 aliphatic rings. The minimum absolute atomic E-state index is 0.00343. The summed E-state index contributed by atoms with van der Waals surface area (Å²) >= 11 is 0. The van der Waals surface area contributed by atoms with E-state index in [1.165, 1.54) is 36.5 Å². The van der Waals surface area contributed by atoms with Crippen LogP contribution >= 0.6 is 0 Å². The van der Waals surface area contributed by atoms with E-state index in [4.69, 9.17) is 5.11 Å². The molecule has 0 fully saturated rings. The average molecular weight is 257 g/mol. The number of carbonyl (C=O) groups is 1. The summed E-state index contributed by atoms with van der Waals surface area (Å²) in [6.07, 6.45) is 1.39. The maximum Gasteiger partial charge on any atom is 0.335 e. The third-order valence-corrected chi connectivity index (χ3v) is 2.48. The molecular weight excluding hydrogens is 246 g/mol. The Morgan fingerprint density at radius 3 is 2.37 bits per heavy atom. The van der Waals surface area contributed by atoms with Crippen molar-refractivity contribution in [3.8, 4) is 11.5 Å². The van der Waals surface area contributed by atoms with Gasteiger partial charge in [-0.25, -0.2) is 4.79 Å². The first-order valence-electron chi connectivity index (χ1n) is 5.45. The Kier molecular flexibility index (Phi) is 3.47. The van der Waals surface area contributed by atoms with E-state index in [9.17, 15) is 15.0 Å². The number of carboxylic acid groups (broad SMARTS) is 1. The molecule has 0 aliphatic carbocycles. The monoisotopic (exact) mass is 257 g/mol. The van der Waals surface area contributed by atoms with Crippen molar-refractivity contribution < 1.29 is 20.1 Å². The topological polar surface area (TPSA) is 90.1 Å². The molecule has 0 saturated carbocycles. The van der Waals surface area contributed by atoms with Crippen molar-refractivity contribution in [3.63, 3.8) is 0 Å². The third kappa shape index (κ3) is 3.10. The molecule has 5 heteroatoms. The maximum atomic E-state index is 10.7. The van der Waals surface area contributed by atoms with E-state index in [0.717, 1.165) is 0 Å². The van der Waals surface area contributed by atoms with Crippen molar-refractivity contribution >= 4 is 17.9 Å². The highest BCUT2D eigenvalue weighted by Crippen LogP contribution is 2.21. The molecule has 2 aromatic carbocycles. The van der Waals surface area contributed by atoms with Crippen LogP contribution in [-0.4, -0.2) is 27.5 Å². The lowest BCUT2D eigenvalue weighted by Crippen LogP contribution is -1.94. The van der Waals surface area contributed by atoms with Gasteiger partial charge in [0.15, 0.2) is 0 Å². The lowest BCUT2D eigenvalue weighted by atomic mass is 10.2. The van der Waals surface area contributed by atoms with Crippen LogP contribution < -0.4 is 0 Å². The van der Waals surface area contributed by atoms with E-state index < -0.39 is 5.97 Å². The van der Waals surface area contributed by atoms with Gasteiger partial charge in [0, 0.05) is 11.8 Å². The van der Waals surface area contributed by atoms with Gasteiger partial charge in [-0.2, -0.15) is 0 Å². The lowest BCUT2D eigenvalue weighted by molar-refractivity contribution is 0.0697. The predicted octanol–water partition coefficient (Wildman–Crippen LogP) is 2.55. The fraction of sp³-hybridized carbons (Fsp3) is 0. The first-order valence-corrected chi connectivity index (χ1v) is 5.45. The number of benzene rings is 2. The standard InChI is InChI=1S/C14H11NO4/c16-12-5-6-13(17)10(7-12)8-15-11-3-1-9(2-4-11)14(18)19/h1-8,16-17H,(H,18,19)/b15-8+. The molecule has 0 radical (unpaired) electrons. The molecule has 3 N–H and O–H groups in total. The molecule has 0 aromatic heterocycles. The van der Waals surface area contributed by atoms with Crippen LogP contribution in [0.5, 0.6) is 11.5 Å². The van der Waals surface area contributed by atoms with Crippen LogP contribution in [0, 0.1) is 0 Å². The maximum absolute atomic E-state index is 10.7. The number of aromatic carboxylic acids is 1. The van der Waals surface area contributed by atoms with Gasteiger partial charge in [-0.1, -0.05) is 0 Å². The van der Waals surface area contributed by atoms with Crippen LogP contribution in [0.15, 0.2) is 47.5 Å². The average Bonchev–Trinajstić information content (AvgIpc) is 2.40. The Balaban J connectivity index is 2.22. The molecule has 0 heterocycles. The summed E-state index contributed by atoms with van der Waals surface area (Å²) in [7, 11) is 0. The lowest BCUT2D eigenvalue weighted by Gasteiger charge is -1.99. The molecule has 19 heavy (non-hydrogen) atoms. The molecule has 5 nitrogen and oxygen atoms in total. The number of carboxylic acids is 1. The minimum Gasteiger partial charge on any atom is -0.508 e. The summed E-state index contributed by atoms with van der Waals surface area (Å²) in [6, 6.07) is 10.1. The predicted molar refractivity (Wildman–Crippen MR) is 70.4 cm³/mol. The van der Waals surface area contributed by atoms with Crippen LogP contribution in [0.2, 0.25) is 0 Å². The SMILES string of the molecule is O=C(O)c1ccc(/N=C/c2cc(O)ccc2O)cc1. The van der Waals surface area contributed by atoms with Gasteiger partial charge < -0.3 is 15.3 Å². The number of nitrogens with zero attached hydrogens (tertiary/aromatic N) is 1. The number of hydrogen-bond donors (Lipinski definition) is 3. The summed E-state index contributed by atoms with van der Waals surface area (Å²) in [6.45, 7) is 0. The Bertz CT molecular complexity index is 632. The van der Waals surface area contributed by atoms with Crippen LogP contribution in [0.4, 0.5) is 5.69 Å². The van der Waals surface area contributed by atoms with E-state index in [1.807, 2.05) is 0 Å². The quantitative estimate of drug-likeness (QED) is 0.582. The van der Waals surface area contributed by atoms with E-state index in [1.54, 1.807) is 12.1 Å². The Hall–Kier alpha value is -2.82. The fourth-order valence-corrected chi connectivity index (χ4v) is 1.48. The third-order valence-electron chi connectivity index (χ3n) is 2.48. The van der Waals surface area contributed by atoms with E-state index in [-0.39, 0.29) is 17.1 Å². The van der Waals surface area contributed by atoms with E-state index in [2.05, 4.69) is 4.99 Å². The normalized spacial score (nSPS) is 10.7. The first kappa shape index (κ1) is 12.6. The Morgan fingerprint density at radius 1 is 1.05 bits per heavy atom. The Morgan fingerprint density at radius 2 is 1.74 bits per heavy atom. The van der Waals surface area contributed by atoms with E-state index >= 15 is 0 Å². The van der Waals surface area contributed by atoms with Gasteiger partial charge in [0.25, 0.3) is 0 Å². The Labute approximate surface area is 109 Å². The molecule has 0 aliphatic heterocycles. The zero-order valence-corrected chi connectivity index (χ0v) is 9.82. The fourth-order valence-electron chi connectivity index (χ4n) is 1.48. The van der Waals surface area contributed by atoms with E-state index in [0.29, 0.717) is 11.3 Å². The molecule has 0 unspecified atom stereocenters. The zero-order valence-electron chi connectivity index (χ0n) is 9.82. The van der Waals surface area contributed by atoms with Crippen molar-refractivity contribution in [2.24, 2.45) is 4.99 Å². The molecule has 2 rings (SSSR count). The van der Waals surface area contributed by atoms with Crippen molar-refractivity contribution in [3.05, 3.63) is 53.6 Å². The zero-order chi connectivity index (χ0) is 13.8. The first-order chi connectivity index (χ1) is 9.06. The van der Waals surface area contributed by atoms with Gasteiger partial charge in [0.2, 0.25) is 0 Å². The summed E-state index contributed by atoms with van der Waals surface area (Å²) in [5.41, 5.74) is 1.11. The number of hydrogen-bond acceptors (Lipinski definition) is 4. The number of rotatable bonds is 3. The molecule has 96 valence electrons. The molecule has 0 saturated heterocycles. The highest BCUT2D eigenvalue weighted by molar-refractivity contribution is 5.89. The second kappa shape index (κ2) is 5.22. The summed E-state index contributed by atoms with van der Waals surface area (Å²) in [4.78, 5) is 14.8. The van der Waals surface area contributed by atoms with Crippen LogP contribution in [0.1, 0.15) is 15.9 Å². The number of aliphatic imine (C=N–C) groups is 1. The largest absolute Gasteiger partial charge is 0.508 e. The second-order valence-corrected chi connectivity index (χ2v) is 3.85. The molecule has 0 bridgehead atoms. The van der Waals surface area contributed by atoms with Crippen molar-refractivity contribution in [1.29, 1.82) is 0 Å². The van der Waals surface area contributed by atoms with Gasteiger partial charge >= 0.3 is 5.97 Å². The molecule has 0 amide bonds.